The average Bonchev–Trinajstić information content (AvgIpc) is 3.27. The van der Waals surface area contributed by atoms with E-state index < -0.39 is 11.9 Å². The highest BCUT2D eigenvalue weighted by Crippen LogP contribution is 2.60. The summed E-state index contributed by atoms with van der Waals surface area (Å²) < 4.78 is 11.9. The lowest BCUT2D eigenvalue weighted by Crippen LogP contribution is -2.24. The largest absolute Gasteiger partial charge is 0.423 e. The van der Waals surface area contributed by atoms with Crippen molar-refractivity contribution in [2.45, 2.75) is 80.1 Å². The van der Waals surface area contributed by atoms with Crippen LogP contribution >= 0.6 is 0 Å². The molecule has 0 spiro atoms. The second-order valence-electron chi connectivity index (χ2n) is 10.5. The Labute approximate surface area is 209 Å². The Hall–Kier alpha value is -2.88. The van der Waals surface area contributed by atoms with Gasteiger partial charge in [0.1, 0.15) is 11.5 Å². The van der Waals surface area contributed by atoms with Gasteiger partial charge in [0.2, 0.25) is 0 Å². The van der Waals surface area contributed by atoms with E-state index in [1.54, 1.807) is 0 Å². The number of aryl methyl sites for hydroxylation is 4. The lowest BCUT2D eigenvalue weighted by molar-refractivity contribution is -0.133. The molecule has 2 bridgehead atoms. The van der Waals surface area contributed by atoms with Crippen LogP contribution in [0.5, 0.6) is 11.5 Å². The highest BCUT2D eigenvalue weighted by Gasteiger charge is 2.57. The van der Waals surface area contributed by atoms with Gasteiger partial charge in [-0.15, -0.1) is 0 Å². The van der Waals surface area contributed by atoms with Gasteiger partial charge in [-0.1, -0.05) is 53.7 Å². The molecule has 0 aliphatic heterocycles. The first-order valence-corrected chi connectivity index (χ1v) is 13.2. The van der Waals surface area contributed by atoms with Crippen LogP contribution in [0, 0.1) is 17.3 Å². The topological polar surface area (TPSA) is 52.6 Å². The van der Waals surface area contributed by atoms with Crippen LogP contribution in [0.4, 0.5) is 0 Å². The van der Waals surface area contributed by atoms with Gasteiger partial charge in [-0.05, 0) is 102 Å². The van der Waals surface area contributed by atoms with Gasteiger partial charge in [0.15, 0.2) is 0 Å². The summed E-state index contributed by atoms with van der Waals surface area (Å²) in [5, 5.41) is 0. The van der Waals surface area contributed by atoms with Crippen molar-refractivity contribution in [3.8, 4) is 11.5 Å². The predicted octanol–water partition coefficient (Wildman–Crippen LogP) is 6.81. The molecule has 2 unspecified atom stereocenters. The molecule has 2 aromatic carbocycles. The molecule has 0 saturated heterocycles. The Bertz CT molecular complexity index is 1040. The number of hydrogen-bond acceptors (Lipinski definition) is 4. The number of rotatable bonds is 8. The molecule has 2 aliphatic rings. The minimum Gasteiger partial charge on any atom is -0.423 e. The predicted molar refractivity (Wildman–Crippen MR) is 139 cm³/mol. The number of esters is 2. The first kappa shape index (κ1) is 25.2. The Kier molecular flexibility index (Phi) is 7.21. The second-order valence-corrected chi connectivity index (χ2v) is 10.5. The minimum atomic E-state index is -0.413. The van der Waals surface area contributed by atoms with Crippen molar-refractivity contribution in [1.29, 1.82) is 0 Å². The van der Waals surface area contributed by atoms with E-state index in [-0.39, 0.29) is 17.3 Å². The van der Waals surface area contributed by atoms with Crippen LogP contribution < -0.4 is 9.47 Å². The first-order chi connectivity index (χ1) is 16.7. The van der Waals surface area contributed by atoms with Crippen molar-refractivity contribution >= 4 is 11.9 Å². The molecule has 1 saturated carbocycles. The van der Waals surface area contributed by atoms with Crippen molar-refractivity contribution in [3.05, 3.63) is 69.8 Å². The van der Waals surface area contributed by atoms with Gasteiger partial charge in [0, 0.05) is 0 Å². The molecule has 0 heterocycles. The maximum Gasteiger partial charge on any atom is 0.340 e. The molecule has 4 heteroatoms. The number of fused-ring (bicyclic) bond motifs is 2. The van der Waals surface area contributed by atoms with Crippen LogP contribution in [0.3, 0.4) is 0 Å². The monoisotopic (exact) mass is 474 g/mol. The zero-order valence-electron chi connectivity index (χ0n) is 22.0. The van der Waals surface area contributed by atoms with E-state index in [0.29, 0.717) is 22.6 Å². The van der Waals surface area contributed by atoms with E-state index in [1.807, 2.05) is 24.3 Å². The molecule has 2 aromatic rings. The molecule has 0 amide bonds. The van der Waals surface area contributed by atoms with Gasteiger partial charge in [0.05, 0.1) is 11.1 Å². The van der Waals surface area contributed by atoms with Gasteiger partial charge in [-0.2, -0.15) is 0 Å². The van der Waals surface area contributed by atoms with Crippen LogP contribution in [0.15, 0.2) is 47.5 Å². The number of ether oxygens (including phenoxy) is 2. The lowest BCUT2D eigenvalue weighted by Gasteiger charge is -2.25. The summed E-state index contributed by atoms with van der Waals surface area (Å²) in [6.45, 7) is 12.7. The summed E-state index contributed by atoms with van der Waals surface area (Å²) in [6.07, 6.45) is 5.25. The normalized spacial score (nSPS) is 20.3. The molecule has 1 fully saturated rings. The average molecular weight is 475 g/mol. The summed E-state index contributed by atoms with van der Waals surface area (Å²) in [4.78, 5) is 27.1. The fraction of sp³-hybridized carbons (Fsp3) is 0.484. The quantitative estimate of drug-likeness (QED) is 0.311. The van der Waals surface area contributed by atoms with Gasteiger partial charge < -0.3 is 9.47 Å². The van der Waals surface area contributed by atoms with E-state index in [2.05, 4.69) is 53.7 Å². The van der Waals surface area contributed by atoms with Crippen molar-refractivity contribution in [3.63, 3.8) is 0 Å². The van der Waals surface area contributed by atoms with E-state index >= 15 is 0 Å². The van der Waals surface area contributed by atoms with Crippen LogP contribution in [-0.2, 0) is 35.3 Å². The second kappa shape index (κ2) is 10.0. The summed E-state index contributed by atoms with van der Waals surface area (Å²) >= 11 is 0. The van der Waals surface area contributed by atoms with Crippen LogP contribution in [-0.4, -0.2) is 11.9 Å². The number of carbonyl (C=O) groups excluding carboxylic acids is 2. The SMILES string of the molecule is CCc1cc(CC)cc(OC(=O)C2=C(C(=O)Oc3cc(CC)cc(CC)c3)C3CCC2C3(C)C)c1. The van der Waals surface area contributed by atoms with Crippen LogP contribution in [0.2, 0.25) is 0 Å². The molecule has 0 N–H and O–H groups in total. The van der Waals surface area contributed by atoms with Gasteiger partial charge in [-0.25, -0.2) is 9.59 Å². The molecule has 186 valence electrons. The van der Waals surface area contributed by atoms with Crippen molar-refractivity contribution in [2.75, 3.05) is 0 Å². The Morgan fingerprint density at radius 2 is 0.971 bits per heavy atom. The van der Waals surface area contributed by atoms with Crippen molar-refractivity contribution < 1.29 is 19.1 Å². The molecular weight excluding hydrogens is 436 g/mol. The summed E-state index contributed by atoms with van der Waals surface area (Å²) in [7, 11) is 0. The maximum absolute atomic E-state index is 13.6. The third-order valence-corrected chi connectivity index (χ3v) is 8.07. The number of carbonyl (C=O) groups is 2. The highest BCUT2D eigenvalue weighted by molar-refractivity contribution is 6.04. The van der Waals surface area contributed by atoms with Crippen molar-refractivity contribution in [1.82, 2.24) is 0 Å². The van der Waals surface area contributed by atoms with Crippen molar-refractivity contribution in [2.24, 2.45) is 17.3 Å². The van der Waals surface area contributed by atoms with Crippen LogP contribution in [0.1, 0.15) is 76.6 Å². The third kappa shape index (κ3) is 4.80. The summed E-state index contributed by atoms with van der Waals surface area (Å²) in [6, 6.07) is 12.0. The van der Waals surface area contributed by atoms with Gasteiger partial charge in [0.25, 0.3) is 0 Å². The maximum atomic E-state index is 13.6. The Morgan fingerprint density at radius 1 is 0.657 bits per heavy atom. The highest BCUT2D eigenvalue weighted by atomic mass is 16.5. The number of hydrogen-bond donors (Lipinski definition) is 0. The molecule has 4 nitrogen and oxygen atoms in total. The molecule has 2 aliphatic carbocycles. The van der Waals surface area contributed by atoms with E-state index in [1.165, 1.54) is 0 Å². The fourth-order valence-electron chi connectivity index (χ4n) is 5.95. The van der Waals surface area contributed by atoms with E-state index in [4.69, 9.17) is 9.47 Å². The minimum absolute atomic E-state index is 0.00395. The smallest absolute Gasteiger partial charge is 0.340 e. The third-order valence-electron chi connectivity index (χ3n) is 8.07. The van der Waals surface area contributed by atoms with E-state index in [9.17, 15) is 9.59 Å². The molecule has 4 rings (SSSR count). The zero-order valence-corrected chi connectivity index (χ0v) is 22.0. The first-order valence-electron chi connectivity index (χ1n) is 13.2. The molecule has 35 heavy (non-hydrogen) atoms. The molecule has 0 radical (unpaired) electrons. The zero-order chi connectivity index (χ0) is 25.3. The van der Waals surface area contributed by atoms with Crippen LogP contribution in [0.25, 0.3) is 0 Å². The van der Waals surface area contributed by atoms with Gasteiger partial charge in [-0.3, -0.25) is 0 Å². The molecule has 2 atom stereocenters. The molecular formula is C31H38O4. The van der Waals surface area contributed by atoms with Gasteiger partial charge >= 0.3 is 11.9 Å². The summed E-state index contributed by atoms with van der Waals surface area (Å²) in [5.41, 5.74) is 5.39. The molecule has 0 aromatic heterocycles. The Morgan fingerprint density at radius 3 is 1.26 bits per heavy atom. The lowest BCUT2D eigenvalue weighted by atomic mass is 9.79. The summed E-state index contributed by atoms with van der Waals surface area (Å²) in [5.74, 6) is 0.269. The number of benzene rings is 2. The fourth-order valence-corrected chi connectivity index (χ4v) is 5.95. The van der Waals surface area contributed by atoms with E-state index in [0.717, 1.165) is 60.8 Å². The Balaban J connectivity index is 1.68. The standard InChI is InChI=1S/C31H38O4/c1-7-19-13-20(8-2)16-23(15-19)34-29(32)27-25-11-12-26(31(25,5)6)28(27)30(33)35-24-17-21(9-3)14-22(10-4)18-24/h13-18,25-26H,7-12H2,1-6H3.